The van der Waals surface area contributed by atoms with Gasteiger partial charge in [0.05, 0.1) is 10.6 Å². The summed E-state index contributed by atoms with van der Waals surface area (Å²) in [6.07, 6.45) is 4.06. The molecule has 154 valence electrons. The number of piperazine rings is 1. The summed E-state index contributed by atoms with van der Waals surface area (Å²) in [5.41, 5.74) is 3.75. The van der Waals surface area contributed by atoms with Crippen LogP contribution in [0.4, 0.5) is 0 Å². The summed E-state index contributed by atoms with van der Waals surface area (Å²) in [5.74, 6) is 0.410. The Labute approximate surface area is 180 Å². The first kappa shape index (κ1) is 19.2. The van der Waals surface area contributed by atoms with E-state index in [1.165, 1.54) is 10.9 Å². The topological polar surface area (TPSA) is 45.6 Å². The molecule has 0 bridgehead atoms. The van der Waals surface area contributed by atoms with Crippen LogP contribution >= 0.6 is 11.6 Å². The lowest BCUT2D eigenvalue weighted by atomic mass is 10.0. The highest BCUT2D eigenvalue weighted by atomic mass is 35.5. The van der Waals surface area contributed by atoms with E-state index in [0.717, 1.165) is 24.0 Å². The van der Waals surface area contributed by atoms with Crippen molar-refractivity contribution in [2.75, 3.05) is 26.2 Å². The first-order chi connectivity index (χ1) is 14.5. The number of aromatic nitrogens is 1. The Morgan fingerprint density at radius 1 is 0.900 bits per heavy atom. The maximum Gasteiger partial charge on any atom is 0.255 e. The molecular weight excluding hydrogens is 398 g/mol. The minimum atomic E-state index is -0.0661. The molecule has 1 saturated heterocycles. The quantitative estimate of drug-likeness (QED) is 0.636. The monoisotopic (exact) mass is 421 g/mol. The second-order valence-electron chi connectivity index (χ2n) is 8.29. The van der Waals surface area contributed by atoms with Gasteiger partial charge in [0.2, 0.25) is 5.91 Å². The van der Waals surface area contributed by atoms with E-state index in [1.54, 1.807) is 4.90 Å². The van der Waals surface area contributed by atoms with Crippen LogP contribution < -0.4 is 0 Å². The molecule has 3 aromatic rings. The Balaban J connectivity index is 1.31. The molecule has 5 rings (SSSR count). The number of carbonyl (C=O) groups is 2. The zero-order valence-electron chi connectivity index (χ0n) is 17.0. The van der Waals surface area contributed by atoms with Crippen molar-refractivity contribution in [1.29, 1.82) is 0 Å². The van der Waals surface area contributed by atoms with Crippen molar-refractivity contribution in [2.45, 2.75) is 12.8 Å². The van der Waals surface area contributed by atoms with Gasteiger partial charge in [0.15, 0.2) is 0 Å². The van der Waals surface area contributed by atoms with E-state index in [0.29, 0.717) is 36.8 Å². The lowest BCUT2D eigenvalue weighted by Gasteiger charge is -2.35. The van der Waals surface area contributed by atoms with Gasteiger partial charge in [-0.3, -0.25) is 9.59 Å². The Morgan fingerprint density at radius 3 is 2.27 bits per heavy atom. The van der Waals surface area contributed by atoms with Crippen molar-refractivity contribution in [3.05, 3.63) is 59.2 Å². The zero-order valence-corrected chi connectivity index (χ0v) is 17.7. The van der Waals surface area contributed by atoms with Gasteiger partial charge < -0.3 is 14.4 Å². The third-order valence-corrected chi connectivity index (χ3v) is 6.54. The molecule has 0 unspecified atom stereocenters. The summed E-state index contributed by atoms with van der Waals surface area (Å²) in [4.78, 5) is 28.9. The number of rotatable bonds is 3. The van der Waals surface area contributed by atoms with E-state index in [9.17, 15) is 9.59 Å². The number of aryl methyl sites for hydroxylation is 1. The average molecular weight is 422 g/mol. The largest absolute Gasteiger partial charge is 0.351 e. The SMILES string of the molecule is Cn1ccc2cc(-c3ccc(C(=O)N4CCN(C(=O)C5CC5)CC4)c(Cl)c3)ccc21. The number of carbonyl (C=O) groups excluding carboxylic acids is 2. The van der Waals surface area contributed by atoms with Crippen molar-refractivity contribution in [3.8, 4) is 11.1 Å². The van der Waals surface area contributed by atoms with Crippen molar-refractivity contribution >= 4 is 34.3 Å². The lowest BCUT2D eigenvalue weighted by molar-refractivity contribution is -0.134. The minimum Gasteiger partial charge on any atom is -0.351 e. The number of hydrogen-bond donors (Lipinski definition) is 0. The Hall–Kier alpha value is -2.79. The third-order valence-electron chi connectivity index (χ3n) is 6.22. The van der Waals surface area contributed by atoms with Gasteiger partial charge >= 0.3 is 0 Å². The molecule has 2 aromatic carbocycles. The number of benzene rings is 2. The molecule has 0 N–H and O–H groups in total. The molecule has 2 amide bonds. The van der Waals surface area contributed by atoms with Gasteiger partial charge in [-0.1, -0.05) is 23.7 Å². The molecule has 5 nitrogen and oxygen atoms in total. The van der Waals surface area contributed by atoms with Gasteiger partial charge in [0, 0.05) is 56.2 Å². The van der Waals surface area contributed by atoms with Crippen LogP contribution in [0.3, 0.4) is 0 Å². The molecule has 2 fully saturated rings. The fraction of sp³-hybridized carbons (Fsp3) is 0.333. The molecule has 2 aliphatic rings. The smallest absolute Gasteiger partial charge is 0.255 e. The molecule has 2 heterocycles. The van der Waals surface area contributed by atoms with Crippen LogP contribution in [0, 0.1) is 5.92 Å². The summed E-state index contributed by atoms with van der Waals surface area (Å²) < 4.78 is 2.09. The highest BCUT2D eigenvalue weighted by Gasteiger charge is 2.35. The zero-order chi connectivity index (χ0) is 20.8. The summed E-state index contributed by atoms with van der Waals surface area (Å²) >= 11 is 6.53. The summed E-state index contributed by atoms with van der Waals surface area (Å²) in [5, 5.41) is 1.63. The first-order valence-electron chi connectivity index (χ1n) is 10.4. The van der Waals surface area contributed by atoms with Gasteiger partial charge in [-0.15, -0.1) is 0 Å². The van der Waals surface area contributed by atoms with Crippen molar-refractivity contribution < 1.29 is 9.59 Å². The van der Waals surface area contributed by atoms with Crippen molar-refractivity contribution in [2.24, 2.45) is 13.0 Å². The highest BCUT2D eigenvalue weighted by Crippen LogP contribution is 2.32. The standard InChI is InChI=1S/C24H24ClN3O2/c1-26-9-8-19-14-17(5-7-22(19)26)18-4-6-20(21(25)15-18)24(30)28-12-10-27(11-13-28)23(29)16-2-3-16/h4-9,14-16H,2-3,10-13H2,1H3. The molecule has 6 heteroatoms. The molecule has 1 aliphatic carbocycles. The van der Waals surface area contributed by atoms with Gasteiger partial charge in [-0.25, -0.2) is 0 Å². The van der Waals surface area contributed by atoms with Crippen LogP contribution in [-0.2, 0) is 11.8 Å². The predicted molar refractivity (Wildman–Crippen MR) is 119 cm³/mol. The number of fused-ring (bicyclic) bond motifs is 1. The molecule has 1 saturated carbocycles. The van der Waals surface area contributed by atoms with E-state index in [1.807, 2.05) is 36.3 Å². The van der Waals surface area contributed by atoms with Crippen LogP contribution in [0.1, 0.15) is 23.2 Å². The molecule has 0 spiro atoms. The molecule has 0 atom stereocenters. The fourth-order valence-corrected chi connectivity index (χ4v) is 4.48. The Morgan fingerprint density at radius 2 is 1.57 bits per heavy atom. The van der Waals surface area contributed by atoms with Crippen molar-refractivity contribution in [1.82, 2.24) is 14.4 Å². The Bertz CT molecular complexity index is 1140. The maximum absolute atomic E-state index is 13.0. The molecule has 1 aromatic heterocycles. The molecule has 1 aliphatic heterocycles. The van der Waals surface area contributed by atoms with E-state index >= 15 is 0 Å². The fourth-order valence-electron chi connectivity index (χ4n) is 4.22. The summed E-state index contributed by atoms with van der Waals surface area (Å²) in [6, 6.07) is 14.0. The Kier molecular flexibility index (Phi) is 4.78. The lowest BCUT2D eigenvalue weighted by Crippen LogP contribution is -2.51. The predicted octanol–water partition coefficient (Wildman–Crippen LogP) is 4.19. The number of halogens is 1. The second-order valence-corrected chi connectivity index (χ2v) is 8.69. The summed E-state index contributed by atoms with van der Waals surface area (Å²) in [7, 11) is 2.03. The molecule has 30 heavy (non-hydrogen) atoms. The maximum atomic E-state index is 13.0. The highest BCUT2D eigenvalue weighted by molar-refractivity contribution is 6.34. The van der Waals surface area contributed by atoms with Crippen LogP contribution in [0.2, 0.25) is 5.02 Å². The van der Waals surface area contributed by atoms with Gasteiger partial charge in [-0.05, 0) is 54.3 Å². The van der Waals surface area contributed by atoms with E-state index < -0.39 is 0 Å². The number of amides is 2. The van der Waals surface area contributed by atoms with Crippen LogP contribution in [0.15, 0.2) is 48.7 Å². The van der Waals surface area contributed by atoms with Crippen molar-refractivity contribution in [3.63, 3.8) is 0 Å². The van der Waals surface area contributed by atoms with E-state index in [2.05, 4.69) is 28.8 Å². The minimum absolute atomic E-state index is 0.0661. The van der Waals surface area contributed by atoms with E-state index in [4.69, 9.17) is 11.6 Å². The second kappa shape index (κ2) is 7.47. The van der Waals surface area contributed by atoms with Crippen LogP contribution in [0.5, 0.6) is 0 Å². The third kappa shape index (κ3) is 3.47. The van der Waals surface area contributed by atoms with Gasteiger partial charge in [0.1, 0.15) is 0 Å². The number of hydrogen-bond acceptors (Lipinski definition) is 2. The summed E-state index contributed by atoms with van der Waals surface area (Å²) in [6.45, 7) is 2.32. The number of nitrogens with zero attached hydrogens (tertiary/aromatic N) is 3. The van der Waals surface area contributed by atoms with Gasteiger partial charge in [0.25, 0.3) is 5.91 Å². The normalized spacial score (nSPS) is 16.9. The first-order valence-corrected chi connectivity index (χ1v) is 10.8. The van der Waals surface area contributed by atoms with Gasteiger partial charge in [-0.2, -0.15) is 0 Å². The van der Waals surface area contributed by atoms with E-state index in [-0.39, 0.29) is 17.7 Å². The van der Waals surface area contributed by atoms with Crippen LogP contribution in [0.25, 0.3) is 22.0 Å². The van der Waals surface area contributed by atoms with Crippen LogP contribution in [-0.4, -0.2) is 52.4 Å². The molecule has 0 radical (unpaired) electrons. The average Bonchev–Trinajstić information content (AvgIpc) is 3.56. The molecular formula is C24H24ClN3O2.